The first kappa shape index (κ1) is 20.2. The number of carbonyl (C=O) groups excluding carboxylic acids is 1. The molecule has 2 aromatic rings. The summed E-state index contributed by atoms with van der Waals surface area (Å²) in [6.07, 6.45) is 3.38. The Kier molecular flexibility index (Phi) is 6.73. The number of piperidine rings is 1. The Balaban J connectivity index is 1.20. The van der Waals surface area contributed by atoms with Gasteiger partial charge in [-0.05, 0) is 42.9 Å². The van der Waals surface area contributed by atoms with E-state index in [-0.39, 0.29) is 0 Å². The third-order valence-electron chi connectivity index (χ3n) is 6.40. The fourth-order valence-corrected chi connectivity index (χ4v) is 4.86. The molecule has 2 aliphatic heterocycles. The first-order valence-corrected chi connectivity index (χ1v) is 11.2. The van der Waals surface area contributed by atoms with E-state index in [4.69, 9.17) is 11.6 Å². The number of nitrogens with zero attached hydrogens (tertiary/aromatic N) is 2. The van der Waals surface area contributed by atoms with Gasteiger partial charge in [0.2, 0.25) is 0 Å². The van der Waals surface area contributed by atoms with E-state index >= 15 is 0 Å². The molecule has 154 valence electrons. The van der Waals surface area contributed by atoms with Crippen LogP contribution >= 0.6 is 11.6 Å². The fraction of sp³-hybridized carbons (Fsp3) is 0.458. The Hall–Kier alpha value is -2.04. The van der Waals surface area contributed by atoms with Crippen LogP contribution in [0.25, 0.3) is 0 Å². The Morgan fingerprint density at radius 3 is 2.28 bits per heavy atom. The molecule has 0 aliphatic carbocycles. The number of hydrogen-bond acceptors (Lipinski definition) is 2. The third-order valence-corrected chi connectivity index (χ3v) is 6.72. The number of benzene rings is 2. The topological polar surface area (TPSA) is 28.0 Å². The van der Waals surface area contributed by atoms with Crippen LogP contribution in [0.4, 0.5) is 5.69 Å². The van der Waals surface area contributed by atoms with Gasteiger partial charge in [0, 0.05) is 13.1 Å². The maximum absolute atomic E-state index is 12.8. The van der Waals surface area contributed by atoms with E-state index in [2.05, 4.69) is 46.2 Å². The lowest BCUT2D eigenvalue weighted by Crippen LogP contribution is -3.16. The summed E-state index contributed by atoms with van der Waals surface area (Å²) in [6.45, 7) is 6.32. The fourth-order valence-electron chi connectivity index (χ4n) is 4.61. The molecule has 0 spiro atoms. The highest BCUT2D eigenvalue weighted by atomic mass is 35.5. The van der Waals surface area contributed by atoms with Crippen LogP contribution in [-0.2, 0) is 11.2 Å². The van der Waals surface area contributed by atoms with Gasteiger partial charge in [0.25, 0.3) is 5.91 Å². The van der Waals surface area contributed by atoms with Crippen LogP contribution in [-0.4, -0.2) is 56.6 Å². The van der Waals surface area contributed by atoms with Crippen molar-refractivity contribution in [3.63, 3.8) is 0 Å². The third kappa shape index (κ3) is 5.31. The van der Waals surface area contributed by atoms with Crippen LogP contribution in [0.3, 0.4) is 0 Å². The summed E-state index contributed by atoms with van der Waals surface area (Å²) < 4.78 is 0. The van der Waals surface area contributed by atoms with Crippen molar-refractivity contribution < 1.29 is 9.69 Å². The van der Waals surface area contributed by atoms with Gasteiger partial charge in [-0.2, -0.15) is 0 Å². The minimum Gasteiger partial charge on any atom is -0.359 e. The van der Waals surface area contributed by atoms with Gasteiger partial charge in [-0.15, -0.1) is 0 Å². The summed E-state index contributed by atoms with van der Waals surface area (Å²) in [6, 6.07) is 18.7. The number of anilines is 1. The molecule has 1 amide bonds. The van der Waals surface area contributed by atoms with Crippen molar-refractivity contribution in [3.05, 3.63) is 65.2 Å². The number of rotatable bonds is 5. The zero-order chi connectivity index (χ0) is 20.1. The number of halogens is 1. The number of nitrogens with one attached hydrogen (secondary N) is 1. The van der Waals surface area contributed by atoms with E-state index in [1.807, 2.05) is 18.2 Å². The summed E-state index contributed by atoms with van der Waals surface area (Å²) in [7, 11) is 0. The highest BCUT2D eigenvalue weighted by Gasteiger charge is 2.28. The molecule has 4 rings (SSSR count). The van der Waals surface area contributed by atoms with E-state index in [1.165, 1.54) is 10.5 Å². The van der Waals surface area contributed by atoms with Gasteiger partial charge in [-0.25, -0.2) is 0 Å². The van der Waals surface area contributed by atoms with Crippen LogP contribution in [0.5, 0.6) is 0 Å². The van der Waals surface area contributed by atoms with Gasteiger partial charge in [-0.3, -0.25) is 4.79 Å². The van der Waals surface area contributed by atoms with E-state index in [1.54, 1.807) is 0 Å². The number of amides is 1. The largest absolute Gasteiger partial charge is 0.359 e. The molecule has 0 unspecified atom stereocenters. The van der Waals surface area contributed by atoms with Crippen molar-refractivity contribution in [3.8, 4) is 0 Å². The molecule has 2 saturated heterocycles. The maximum atomic E-state index is 12.8. The molecule has 2 heterocycles. The molecule has 2 aromatic carbocycles. The summed E-state index contributed by atoms with van der Waals surface area (Å²) in [5.74, 6) is 1.03. The van der Waals surface area contributed by atoms with Crippen LogP contribution in [0.15, 0.2) is 54.6 Å². The number of carbonyl (C=O) groups is 1. The van der Waals surface area contributed by atoms with Gasteiger partial charge >= 0.3 is 0 Å². The number of hydrogen-bond donors (Lipinski definition) is 1. The number of piperazine rings is 1. The van der Waals surface area contributed by atoms with Crippen LogP contribution in [0, 0.1) is 5.92 Å². The second-order valence-corrected chi connectivity index (χ2v) is 8.79. The maximum Gasteiger partial charge on any atom is 0.277 e. The standard InChI is InChI=1S/C24H30ClN3O/c25-22-8-4-5-9-23(22)27-16-14-26(15-17-27)19-24(29)28-12-10-21(11-13-28)18-20-6-2-1-3-7-20/h1-9,21H,10-19H2/p+1. The summed E-state index contributed by atoms with van der Waals surface area (Å²) in [5.41, 5.74) is 2.53. The molecule has 0 aromatic heterocycles. The zero-order valence-electron chi connectivity index (χ0n) is 17.0. The van der Waals surface area contributed by atoms with Crippen molar-refractivity contribution in [2.45, 2.75) is 19.3 Å². The first-order chi connectivity index (χ1) is 14.2. The van der Waals surface area contributed by atoms with E-state index in [0.717, 1.165) is 69.2 Å². The monoisotopic (exact) mass is 412 g/mol. The molecule has 2 aliphatic rings. The highest BCUT2D eigenvalue weighted by Crippen LogP contribution is 2.25. The Morgan fingerprint density at radius 1 is 0.931 bits per heavy atom. The molecule has 0 atom stereocenters. The smallest absolute Gasteiger partial charge is 0.277 e. The van der Waals surface area contributed by atoms with E-state index < -0.39 is 0 Å². The lowest BCUT2D eigenvalue weighted by molar-refractivity contribution is -0.892. The van der Waals surface area contributed by atoms with Gasteiger partial charge < -0.3 is 14.7 Å². The van der Waals surface area contributed by atoms with Gasteiger partial charge in [-0.1, -0.05) is 54.1 Å². The van der Waals surface area contributed by atoms with Crippen molar-refractivity contribution in [2.24, 2.45) is 5.92 Å². The Labute approximate surface area is 179 Å². The molecule has 0 saturated carbocycles. The minimum absolute atomic E-state index is 0.323. The average molecular weight is 413 g/mol. The lowest BCUT2D eigenvalue weighted by atomic mass is 9.90. The Morgan fingerprint density at radius 2 is 1.59 bits per heavy atom. The SMILES string of the molecule is O=C(C[NH+]1CCN(c2ccccc2Cl)CC1)N1CCC(Cc2ccccc2)CC1. The van der Waals surface area contributed by atoms with Crippen molar-refractivity contribution in [1.82, 2.24) is 4.90 Å². The van der Waals surface area contributed by atoms with Gasteiger partial charge in [0.1, 0.15) is 0 Å². The minimum atomic E-state index is 0.323. The molecule has 2 fully saturated rings. The summed E-state index contributed by atoms with van der Waals surface area (Å²) in [4.78, 5) is 18.6. The number of likely N-dealkylation sites (tertiary alicyclic amines) is 1. The summed E-state index contributed by atoms with van der Waals surface area (Å²) >= 11 is 6.33. The molecule has 5 heteroatoms. The van der Waals surface area contributed by atoms with Crippen molar-refractivity contribution in [1.29, 1.82) is 0 Å². The number of quaternary nitrogens is 1. The van der Waals surface area contributed by atoms with Crippen molar-refractivity contribution >= 4 is 23.2 Å². The van der Waals surface area contributed by atoms with Crippen LogP contribution in [0.1, 0.15) is 18.4 Å². The zero-order valence-corrected chi connectivity index (χ0v) is 17.8. The first-order valence-electron chi connectivity index (χ1n) is 10.8. The highest BCUT2D eigenvalue weighted by molar-refractivity contribution is 6.33. The second kappa shape index (κ2) is 9.64. The average Bonchev–Trinajstić information content (AvgIpc) is 2.76. The number of para-hydroxylation sites is 1. The van der Waals surface area contributed by atoms with Crippen LogP contribution < -0.4 is 9.80 Å². The quantitative estimate of drug-likeness (QED) is 0.817. The van der Waals surface area contributed by atoms with Crippen LogP contribution in [0.2, 0.25) is 5.02 Å². The molecule has 4 nitrogen and oxygen atoms in total. The lowest BCUT2D eigenvalue weighted by Gasteiger charge is -2.36. The molecular weight excluding hydrogens is 382 g/mol. The van der Waals surface area contributed by atoms with Crippen molar-refractivity contribution in [2.75, 3.05) is 50.7 Å². The van der Waals surface area contributed by atoms with Gasteiger partial charge in [0.15, 0.2) is 6.54 Å². The molecule has 0 radical (unpaired) electrons. The van der Waals surface area contributed by atoms with E-state index in [9.17, 15) is 4.79 Å². The normalized spacial score (nSPS) is 18.8. The molecule has 0 bridgehead atoms. The van der Waals surface area contributed by atoms with E-state index in [0.29, 0.717) is 18.4 Å². The summed E-state index contributed by atoms with van der Waals surface area (Å²) in [5, 5.41) is 0.811. The predicted molar refractivity (Wildman–Crippen MR) is 119 cm³/mol. The Bertz CT molecular complexity index is 797. The second-order valence-electron chi connectivity index (χ2n) is 8.38. The molecular formula is C24H31ClN3O+. The molecule has 1 N–H and O–H groups in total. The predicted octanol–water partition coefficient (Wildman–Crippen LogP) is 2.53. The van der Waals surface area contributed by atoms with Gasteiger partial charge in [0.05, 0.1) is 36.9 Å². The molecule has 29 heavy (non-hydrogen) atoms.